The molecule has 4 aromatic heterocycles. The molecular weight excluding hydrogens is 536 g/mol. The average Bonchev–Trinajstić information content (AvgIpc) is 3.47. The molecule has 0 aliphatic rings. The van der Waals surface area contributed by atoms with E-state index in [-0.39, 0.29) is 35.9 Å². The molecule has 0 aliphatic heterocycles. The van der Waals surface area contributed by atoms with Gasteiger partial charge in [0.15, 0.2) is 22.9 Å². The first-order valence-corrected chi connectivity index (χ1v) is 12.7. The number of imidazole rings is 2. The molecule has 14 nitrogen and oxygen atoms in total. The van der Waals surface area contributed by atoms with Crippen molar-refractivity contribution in [2.75, 3.05) is 11.5 Å². The van der Waals surface area contributed by atoms with Crippen LogP contribution < -0.4 is 22.8 Å². The molecule has 0 radical (unpaired) electrons. The van der Waals surface area contributed by atoms with Gasteiger partial charge in [-0.3, -0.25) is 9.13 Å². The number of nitriles is 2. The van der Waals surface area contributed by atoms with Gasteiger partial charge in [-0.1, -0.05) is 60.7 Å². The summed E-state index contributed by atoms with van der Waals surface area (Å²) in [4.78, 5) is 46.0. The molecule has 208 valence electrons. The summed E-state index contributed by atoms with van der Waals surface area (Å²) >= 11 is 0. The van der Waals surface area contributed by atoms with Crippen LogP contribution in [-0.2, 0) is 25.9 Å². The minimum Gasteiger partial charge on any atom is -0.382 e. The van der Waals surface area contributed by atoms with E-state index in [1.807, 2.05) is 72.8 Å². The lowest BCUT2D eigenvalue weighted by molar-refractivity contribution is 0.774. The number of fused-ring (bicyclic) bond motifs is 2. The molecule has 0 amide bonds. The summed E-state index contributed by atoms with van der Waals surface area (Å²) in [5, 5.41) is 17.5. The van der Waals surface area contributed by atoms with Gasteiger partial charge >= 0.3 is 11.4 Å². The minimum atomic E-state index is -0.302. The van der Waals surface area contributed by atoms with Crippen molar-refractivity contribution in [3.05, 3.63) is 104 Å². The quantitative estimate of drug-likeness (QED) is 0.230. The number of nitrogens with zero attached hydrogens (tertiary/aromatic N) is 8. The molecular formula is C28H24N12O2. The minimum absolute atomic E-state index is 0.0465. The predicted molar refractivity (Wildman–Crippen MR) is 155 cm³/mol. The third-order valence-corrected chi connectivity index (χ3v) is 6.24. The second kappa shape index (κ2) is 11.8. The fourth-order valence-electron chi connectivity index (χ4n) is 4.32. The molecule has 0 saturated heterocycles. The van der Waals surface area contributed by atoms with Crippen molar-refractivity contribution >= 4 is 34.0 Å². The topological polar surface area (TPSA) is 227 Å². The van der Waals surface area contributed by atoms with Crippen LogP contribution in [0.5, 0.6) is 0 Å². The monoisotopic (exact) mass is 560 g/mol. The van der Waals surface area contributed by atoms with Gasteiger partial charge in [0.25, 0.3) is 0 Å². The molecule has 0 unspecified atom stereocenters. The fourth-order valence-corrected chi connectivity index (χ4v) is 4.32. The van der Waals surface area contributed by atoms with Crippen LogP contribution in [0.4, 0.5) is 11.6 Å². The molecule has 6 aromatic rings. The van der Waals surface area contributed by atoms with Crippen molar-refractivity contribution in [3.63, 3.8) is 0 Å². The van der Waals surface area contributed by atoms with Gasteiger partial charge in [0.2, 0.25) is 0 Å². The van der Waals surface area contributed by atoms with Crippen molar-refractivity contribution in [2.45, 2.75) is 25.9 Å². The maximum atomic E-state index is 12.1. The number of H-pyrrole nitrogens is 2. The molecule has 6 N–H and O–H groups in total. The molecule has 0 saturated carbocycles. The fraction of sp³-hybridized carbons (Fsp3) is 0.143. The normalized spacial score (nSPS) is 10.6. The summed E-state index contributed by atoms with van der Waals surface area (Å²) in [5.74, 6) is 0.968. The average molecular weight is 561 g/mol. The summed E-state index contributed by atoms with van der Waals surface area (Å²) < 4.78 is 2.98. The first-order chi connectivity index (χ1) is 20.4. The number of anilines is 2. The predicted octanol–water partition coefficient (Wildman–Crippen LogP) is 1.63. The van der Waals surface area contributed by atoms with Crippen molar-refractivity contribution in [1.82, 2.24) is 39.0 Å². The zero-order chi connectivity index (χ0) is 29.6. The third-order valence-electron chi connectivity index (χ3n) is 6.24. The number of hydrogen-bond acceptors (Lipinski definition) is 10. The lowest BCUT2D eigenvalue weighted by Gasteiger charge is -2.04. The van der Waals surface area contributed by atoms with Gasteiger partial charge in [-0.2, -0.15) is 10.5 Å². The van der Waals surface area contributed by atoms with Crippen LogP contribution in [0, 0.1) is 22.7 Å². The lowest BCUT2D eigenvalue weighted by Crippen LogP contribution is -2.17. The van der Waals surface area contributed by atoms with E-state index < -0.39 is 0 Å². The number of hydrogen-bond donors (Lipinski definition) is 4. The molecule has 0 fully saturated rings. The van der Waals surface area contributed by atoms with Crippen LogP contribution in [-0.4, -0.2) is 39.0 Å². The van der Waals surface area contributed by atoms with Crippen molar-refractivity contribution in [1.29, 1.82) is 10.5 Å². The highest BCUT2D eigenvalue weighted by Crippen LogP contribution is 2.17. The van der Waals surface area contributed by atoms with Gasteiger partial charge in [-0.05, 0) is 11.1 Å². The van der Waals surface area contributed by atoms with E-state index in [9.17, 15) is 9.59 Å². The smallest absolute Gasteiger partial charge is 0.328 e. The Morgan fingerprint density at radius 3 is 1.38 bits per heavy atom. The van der Waals surface area contributed by atoms with Crippen molar-refractivity contribution in [2.24, 2.45) is 0 Å². The Labute approximate surface area is 237 Å². The highest BCUT2D eigenvalue weighted by Gasteiger charge is 2.15. The highest BCUT2D eigenvalue weighted by atomic mass is 16.1. The standard InChI is InChI=1S/2C14H12N6O/c2*15-7-6-10-17-12(16)11-13(18-10)20(14(21)19-11)8-9-4-2-1-3-5-9/h2*1-5H,6,8H2,(H,19,21)(H2,16,17,18). The summed E-state index contributed by atoms with van der Waals surface area (Å²) in [6, 6.07) is 23.1. The van der Waals surface area contributed by atoms with Crippen molar-refractivity contribution in [3.8, 4) is 12.1 Å². The molecule has 0 atom stereocenters. The van der Waals surface area contributed by atoms with Crippen LogP contribution in [0.1, 0.15) is 22.8 Å². The van der Waals surface area contributed by atoms with Gasteiger partial charge < -0.3 is 21.4 Å². The second-order valence-electron chi connectivity index (χ2n) is 9.12. The number of rotatable bonds is 6. The van der Waals surface area contributed by atoms with Crippen LogP contribution in [0.3, 0.4) is 0 Å². The Morgan fingerprint density at radius 2 is 1.02 bits per heavy atom. The zero-order valence-electron chi connectivity index (χ0n) is 22.2. The number of nitrogen functional groups attached to an aromatic ring is 2. The van der Waals surface area contributed by atoms with Gasteiger partial charge in [0.05, 0.1) is 38.1 Å². The van der Waals surface area contributed by atoms with Crippen LogP contribution in [0.2, 0.25) is 0 Å². The Kier molecular flexibility index (Phi) is 7.70. The molecule has 42 heavy (non-hydrogen) atoms. The molecule has 2 aromatic carbocycles. The molecule has 0 bridgehead atoms. The third kappa shape index (κ3) is 5.68. The van der Waals surface area contributed by atoms with E-state index in [1.165, 1.54) is 9.13 Å². The summed E-state index contributed by atoms with van der Waals surface area (Å²) in [6.07, 6.45) is 0.0930. The Balaban J connectivity index is 0.000000168. The lowest BCUT2D eigenvalue weighted by atomic mass is 10.2. The van der Waals surface area contributed by atoms with Gasteiger partial charge in [-0.15, -0.1) is 0 Å². The summed E-state index contributed by atoms with van der Waals surface area (Å²) in [6.45, 7) is 0.754. The number of nitrogens with one attached hydrogen (secondary N) is 2. The Hall–Kier alpha value is -6.28. The Morgan fingerprint density at radius 1 is 0.643 bits per heavy atom. The first kappa shape index (κ1) is 27.3. The van der Waals surface area contributed by atoms with E-state index in [1.54, 1.807) is 0 Å². The van der Waals surface area contributed by atoms with E-state index >= 15 is 0 Å². The number of benzene rings is 2. The van der Waals surface area contributed by atoms with Crippen LogP contribution in [0.15, 0.2) is 70.3 Å². The molecule has 4 heterocycles. The molecule has 0 spiro atoms. The van der Waals surface area contributed by atoms with Gasteiger partial charge in [0, 0.05) is 0 Å². The van der Waals surface area contributed by atoms with E-state index in [0.29, 0.717) is 47.1 Å². The second-order valence-corrected chi connectivity index (χ2v) is 9.12. The van der Waals surface area contributed by atoms with E-state index in [4.69, 9.17) is 22.0 Å². The zero-order valence-corrected chi connectivity index (χ0v) is 22.2. The highest BCUT2D eigenvalue weighted by molar-refractivity contribution is 5.82. The first-order valence-electron chi connectivity index (χ1n) is 12.7. The van der Waals surface area contributed by atoms with Crippen LogP contribution >= 0.6 is 0 Å². The molecule has 14 heteroatoms. The van der Waals surface area contributed by atoms with E-state index in [2.05, 4.69) is 29.9 Å². The number of aromatic amines is 2. The van der Waals surface area contributed by atoms with Crippen molar-refractivity contribution < 1.29 is 0 Å². The maximum absolute atomic E-state index is 12.1. The summed E-state index contributed by atoms with van der Waals surface area (Å²) in [5.41, 5.74) is 14.6. The number of aromatic nitrogens is 8. The SMILES string of the molecule is N#CCc1nc(N)c2[nH]c(=O)n(Cc3ccccc3)c2n1.N#CCc1nc(N)c2[nH]c(=O)n(Cc3ccccc3)c2n1. The molecule has 6 rings (SSSR count). The van der Waals surface area contributed by atoms with Gasteiger partial charge in [0.1, 0.15) is 22.7 Å². The van der Waals surface area contributed by atoms with E-state index in [0.717, 1.165) is 11.1 Å². The Bertz CT molecular complexity index is 1930. The van der Waals surface area contributed by atoms with Gasteiger partial charge in [-0.25, -0.2) is 29.5 Å². The summed E-state index contributed by atoms with van der Waals surface area (Å²) in [7, 11) is 0. The largest absolute Gasteiger partial charge is 0.382 e. The number of nitrogens with two attached hydrogens (primary N) is 2. The van der Waals surface area contributed by atoms with Crippen LogP contribution in [0.25, 0.3) is 22.3 Å². The molecule has 0 aliphatic carbocycles. The maximum Gasteiger partial charge on any atom is 0.328 e.